The highest BCUT2D eigenvalue weighted by molar-refractivity contribution is 7.80. The number of carboxylic acids is 1. The molecule has 28 heteroatoms. The van der Waals surface area contributed by atoms with Gasteiger partial charge in [-0.15, -0.1) is 0 Å². The van der Waals surface area contributed by atoms with Crippen LogP contribution in [0.1, 0.15) is 58.9 Å². The molecule has 1 heterocycles. The lowest BCUT2D eigenvalue weighted by Gasteiger charge is -2.32. The van der Waals surface area contributed by atoms with Crippen molar-refractivity contribution in [1.82, 2.24) is 52.0 Å². The number of guanidine groups is 1. The first-order chi connectivity index (χ1) is 33.9. The second-order valence-corrected chi connectivity index (χ2v) is 17.3. The van der Waals surface area contributed by atoms with Crippen LogP contribution in [-0.4, -0.2) is 184 Å². The highest BCUT2D eigenvalue weighted by Gasteiger charge is 2.37. The number of primary amides is 1. The van der Waals surface area contributed by atoms with E-state index in [1.54, 1.807) is 13.1 Å². The van der Waals surface area contributed by atoms with Crippen LogP contribution in [0, 0.1) is 5.92 Å². The van der Waals surface area contributed by atoms with Crippen molar-refractivity contribution in [2.45, 2.75) is 102 Å². The molecule has 0 radical (unpaired) electrons. The Balaban J connectivity index is 2.19. The lowest BCUT2D eigenvalue weighted by Crippen LogP contribution is -2.61. The first kappa shape index (κ1) is 60.6. The molecule has 2 rings (SSSR count). The molecule has 1 aromatic heterocycles. The number of nitrogens with one attached hydrogen (secondary N) is 8. The SMILES string of the molecule is CCC(=O)N[C@H](Cc1c[nH]c2ccccc12)C(=O)N(C)[C@@H](C)C(=O)N[C@@H](CC(=O)O)C(=O)N[C@H](C(=O)N(C)[C@@H](CO)C(=O)NCC(=O)N[C@@H](CCCN=C(N)N)C(=O)N[C@@H](CS)C(=O)NCC(N)=O)C(C)C. The van der Waals surface area contributed by atoms with Crippen molar-refractivity contribution in [3.63, 3.8) is 0 Å². The van der Waals surface area contributed by atoms with Gasteiger partial charge in [0.1, 0.15) is 42.3 Å². The van der Waals surface area contributed by atoms with Gasteiger partial charge in [-0.3, -0.25) is 57.7 Å². The summed E-state index contributed by atoms with van der Waals surface area (Å²) >= 11 is 4.06. The molecule has 398 valence electrons. The van der Waals surface area contributed by atoms with Crippen LogP contribution in [0.15, 0.2) is 35.5 Å². The van der Waals surface area contributed by atoms with Gasteiger partial charge in [0.2, 0.25) is 59.1 Å². The van der Waals surface area contributed by atoms with Crippen molar-refractivity contribution < 1.29 is 63.0 Å². The van der Waals surface area contributed by atoms with E-state index in [9.17, 15) is 63.0 Å². The maximum absolute atomic E-state index is 13.9. The van der Waals surface area contributed by atoms with E-state index >= 15 is 0 Å². The number of nitrogens with two attached hydrogens (primary N) is 3. The summed E-state index contributed by atoms with van der Waals surface area (Å²) in [6.45, 7) is 3.72. The number of benzene rings is 1. The molecule has 27 nitrogen and oxygen atoms in total. The maximum atomic E-state index is 13.9. The van der Waals surface area contributed by atoms with Gasteiger partial charge in [0, 0.05) is 56.3 Å². The summed E-state index contributed by atoms with van der Waals surface area (Å²) in [7, 11) is 2.43. The van der Waals surface area contributed by atoms with Crippen LogP contribution in [0.3, 0.4) is 0 Å². The van der Waals surface area contributed by atoms with Gasteiger partial charge in [-0.1, -0.05) is 39.0 Å². The fraction of sp³-hybridized carbons (Fsp3) is 0.545. The topological polar surface area (TPSA) is 425 Å². The number of likely N-dealkylation sites (N-methyl/N-ethyl adjacent to an activating group) is 2. The number of amides is 10. The summed E-state index contributed by atoms with van der Waals surface area (Å²) in [5, 5.41) is 37.6. The number of carbonyl (C=O) groups excluding carboxylic acids is 10. The third-order valence-corrected chi connectivity index (χ3v) is 11.5. The molecular weight excluding hydrogens is 965 g/mol. The number of rotatable bonds is 30. The fourth-order valence-electron chi connectivity index (χ4n) is 6.89. The Kier molecular flexibility index (Phi) is 25.0. The predicted octanol–water partition coefficient (Wildman–Crippen LogP) is -4.96. The molecule has 16 N–H and O–H groups in total. The van der Waals surface area contributed by atoms with Crippen LogP contribution < -0.4 is 54.4 Å². The van der Waals surface area contributed by atoms with Gasteiger partial charge in [0.15, 0.2) is 5.96 Å². The number of thiol groups is 1. The van der Waals surface area contributed by atoms with E-state index < -0.39 is 139 Å². The van der Waals surface area contributed by atoms with Gasteiger partial charge in [0.25, 0.3) is 0 Å². The number of carbonyl (C=O) groups is 11. The minimum atomic E-state index is -1.79. The Morgan fingerprint density at radius 3 is 1.93 bits per heavy atom. The first-order valence-electron chi connectivity index (χ1n) is 22.8. The van der Waals surface area contributed by atoms with Crippen LogP contribution >= 0.6 is 12.6 Å². The number of hydrogen-bond acceptors (Lipinski definition) is 14. The number of nitrogens with zero attached hydrogens (tertiary/aromatic N) is 3. The average molecular weight is 1030 g/mol. The molecule has 0 aliphatic heterocycles. The molecule has 0 saturated heterocycles. The second kappa shape index (κ2) is 29.6. The Morgan fingerprint density at radius 2 is 1.35 bits per heavy atom. The Morgan fingerprint density at radius 1 is 0.736 bits per heavy atom. The summed E-state index contributed by atoms with van der Waals surface area (Å²) in [4.78, 5) is 152. The van der Waals surface area contributed by atoms with Gasteiger partial charge in [-0.2, -0.15) is 12.6 Å². The standard InChI is InChI=1S/C44H68N14O13S/c1-7-33(61)53-29(15-24-17-49-26-12-9-8-11-25(24)26)42(70)57(5)23(4)37(65)54-28(16-35(63)64)40(68)56-36(22(2)3)43(71)58(6)31(20-59)41(69)51-19-34(62)52-27(13-10-14-48-44(46)47)39(67)55-30(21-72)38(66)50-18-32(45)60/h8-9,11-12,17,22-23,27-31,36,49,59,72H,7,10,13-16,18-21H2,1-6H3,(H2,45,60)(H,50,66)(H,51,69)(H,52,62)(H,53,61)(H,54,65)(H,55,67)(H,56,68)(H,63,64)(H4,46,47,48)/t23-,27-,28-,29+,30-,31-,36-/m0/s1. The smallest absolute Gasteiger partial charge is 0.305 e. The second-order valence-electron chi connectivity index (χ2n) is 16.9. The first-order valence-corrected chi connectivity index (χ1v) is 23.4. The molecule has 7 atom stereocenters. The van der Waals surface area contributed by atoms with Gasteiger partial charge >= 0.3 is 5.97 Å². The van der Waals surface area contributed by atoms with Crippen molar-refractivity contribution in [2.75, 3.05) is 46.1 Å². The third kappa shape index (κ3) is 19.0. The number of para-hydroxylation sites is 1. The average Bonchev–Trinajstić information content (AvgIpc) is 3.74. The normalized spacial score (nSPS) is 13.8. The van der Waals surface area contributed by atoms with Crippen LogP contribution in [0.4, 0.5) is 0 Å². The van der Waals surface area contributed by atoms with Gasteiger partial charge in [-0.25, -0.2) is 0 Å². The number of fused-ring (bicyclic) bond motifs is 1. The van der Waals surface area contributed by atoms with Crippen molar-refractivity contribution in [1.29, 1.82) is 0 Å². The molecule has 0 bridgehead atoms. The molecule has 0 fully saturated rings. The zero-order valence-electron chi connectivity index (χ0n) is 41.0. The van der Waals surface area contributed by atoms with Crippen molar-refractivity contribution in [2.24, 2.45) is 28.1 Å². The Hall–Kier alpha value is -7.49. The monoisotopic (exact) mass is 1030 g/mol. The highest BCUT2D eigenvalue weighted by Crippen LogP contribution is 2.20. The number of aliphatic carboxylic acids is 1. The minimum Gasteiger partial charge on any atom is -0.481 e. The summed E-state index contributed by atoms with van der Waals surface area (Å²) in [6, 6.07) is -2.62. The van der Waals surface area contributed by atoms with E-state index in [4.69, 9.17) is 17.2 Å². The molecule has 0 saturated carbocycles. The molecule has 1 aromatic carbocycles. The molecule has 0 spiro atoms. The van der Waals surface area contributed by atoms with Gasteiger partial charge in [0.05, 0.1) is 26.1 Å². The number of aliphatic hydroxyl groups is 1. The summed E-state index contributed by atoms with van der Waals surface area (Å²) < 4.78 is 0. The van der Waals surface area contributed by atoms with E-state index in [0.29, 0.717) is 5.56 Å². The van der Waals surface area contributed by atoms with E-state index in [1.165, 1.54) is 27.8 Å². The molecule has 0 unspecified atom stereocenters. The lowest BCUT2D eigenvalue weighted by molar-refractivity contribution is -0.146. The molecule has 2 aromatic rings. The minimum absolute atomic E-state index is 0.0503. The zero-order valence-corrected chi connectivity index (χ0v) is 41.9. The van der Waals surface area contributed by atoms with E-state index in [1.807, 2.05) is 24.3 Å². The van der Waals surface area contributed by atoms with Crippen LogP contribution in [0.25, 0.3) is 10.9 Å². The lowest BCUT2D eigenvalue weighted by atomic mass is 10.0. The molecule has 10 amide bonds. The maximum Gasteiger partial charge on any atom is 0.305 e. The Labute approximate surface area is 420 Å². The van der Waals surface area contributed by atoms with Crippen LogP contribution in [-0.2, 0) is 59.2 Å². The van der Waals surface area contributed by atoms with Gasteiger partial charge in [-0.05, 0) is 37.3 Å². The summed E-state index contributed by atoms with van der Waals surface area (Å²) in [5.41, 5.74) is 17.3. The van der Waals surface area contributed by atoms with E-state index in [0.717, 1.165) is 27.8 Å². The Bertz CT molecular complexity index is 2310. The predicted molar refractivity (Wildman–Crippen MR) is 264 cm³/mol. The number of hydrogen-bond donors (Lipinski definition) is 14. The zero-order chi connectivity index (χ0) is 54.4. The number of aliphatic hydroxyl groups excluding tert-OH is 1. The number of aromatic nitrogens is 1. The molecule has 0 aliphatic rings. The van der Waals surface area contributed by atoms with Crippen LogP contribution in [0.2, 0.25) is 0 Å². The molecule has 0 aliphatic carbocycles. The number of H-pyrrole nitrogens is 1. The number of aromatic amines is 1. The highest BCUT2D eigenvalue weighted by atomic mass is 32.1. The van der Waals surface area contributed by atoms with E-state index in [-0.39, 0.29) is 43.9 Å². The number of aliphatic imine (C=N–C) groups is 1. The van der Waals surface area contributed by atoms with Gasteiger partial charge < -0.3 is 79.4 Å². The molecule has 72 heavy (non-hydrogen) atoms. The van der Waals surface area contributed by atoms with Crippen molar-refractivity contribution in [3.05, 3.63) is 36.0 Å². The van der Waals surface area contributed by atoms with Crippen molar-refractivity contribution >= 4 is 94.5 Å². The third-order valence-electron chi connectivity index (χ3n) is 11.2. The van der Waals surface area contributed by atoms with Crippen LogP contribution in [0.5, 0.6) is 0 Å². The molecular formula is C44H68N14O13S. The summed E-state index contributed by atoms with van der Waals surface area (Å²) in [5.74, 6) is -11.2. The fourth-order valence-corrected chi connectivity index (χ4v) is 7.15. The van der Waals surface area contributed by atoms with Crippen molar-refractivity contribution in [3.8, 4) is 0 Å². The summed E-state index contributed by atoms with van der Waals surface area (Å²) in [6.07, 6.45) is 0.953. The largest absolute Gasteiger partial charge is 0.481 e. The van der Waals surface area contributed by atoms with E-state index in [2.05, 4.69) is 59.8 Å². The quantitative estimate of drug-likeness (QED) is 0.0151. The number of carboxylic acid groups (broad SMARTS) is 1.